The number of hydrogen-bond acceptors (Lipinski definition) is 3. The second kappa shape index (κ2) is 5.25. The topological polar surface area (TPSA) is 53.6 Å². The number of imidazole rings is 1. The fourth-order valence-corrected chi connectivity index (χ4v) is 2.03. The van der Waals surface area contributed by atoms with E-state index in [0.29, 0.717) is 5.56 Å². The normalized spacial score (nSPS) is 11.3. The van der Waals surface area contributed by atoms with Crippen LogP contribution in [0, 0.1) is 11.3 Å². The van der Waals surface area contributed by atoms with Crippen molar-refractivity contribution in [2.45, 2.75) is 25.9 Å². The Morgan fingerprint density at radius 1 is 1.42 bits per heavy atom. The van der Waals surface area contributed by atoms with Crippen LogP contribution in [0.2, 0.25) is 0 Å². The van der Waals surface area contributed by atoms with Crippen LogP contribution >= 0.6 is 0 Å². The van der Waals surface area contributed by atoms with E-state index in [1.165, 1.54) is 0 Å². The van der Waals surface area contributed by atoms with Gasteiger partial charge in [-0.2, -0.15) is 5.26 Å². The molecule has 0 fully saturated rings. The van der Waals surface area contributed by atoms with Gasteiger partial charge in [0.05, 0.1) is 35.4 Å². The fraction of sp³-hybridized carbons (Fsp3) is 0.333. The summed E-state index contributed by atoms with van der Waals surface area (Å²) >= 11 is 0. The van der Waals surface area contributed by atoms with Crippen molar-refractivity contribution in [2.75, 3.05) is 7.05 Å². The summed E-state index contributed by atoms with van der Waals surface area (Å²) in [7, 11) is 1.94. The molecule has 0 radical (unpaired) electrons. The van der Waals surface area contributed by atoms with Crippen molar-refractivity contribution in [3.63, 3.8) is 0 Å². The summed E-state index contributed by atoms with van der Waals surface area (Å²) in [6.07, 6.45) is 3.71. The van der Waals surface area contributed by atoms with E-state index in [0.717, 1.165) is 17.8 Å². The van der Waals surface area contributed by atoms with Gasteiger partial charge in [-0.05, 0) is 38.6 Å². The summed E-state index contributed by atoms with van der Waals surface area (Å²) in [6, 6.07) is 9.83. The Balaban J connectivity index is 2.30. The van der Waals surface area contributed by atoms with Gasteiger partial charge in [0.1, 0.15) is 0 Å². The molecule has 4 heteroatoms. The minimum atomic E-state index is -0.136. The first kappa shape index (κ1) is 13.3. The quantitative estimate of drug-likeness (QED) is 0.910. The van der Waals surface area contributed by atoms with Gasteiger partial charge in [-0.15, -0.1) is 0 Å². The van der Waals surface area contributed by atoms with E-state index < -0.39 is 0 Å². The number of hydrogen-bond donors (Lipinski definition) is 1. The zero-order valence-electron chi connectivity index (χ0n) is 11.5. The molecular weight excluding hydrogens is 236 g/mol. The zero-order chi connectivity index (χ0) is 13.9. The summed E-state index contributed by atoms with van der Waals surface area (Å²) in [6.45, 7) is 4.95. The maximum Gasteiger partial charge on any atom is 0.0991 e. The lowest BCUT2D eigenvalue weighted by atomic mass is 10.0. The Morgan fingerprint density at radius 2 is 2.21 bits per heavy atom. The van der Waals surface area contributed by atoms with E-state index in [1.54, 1.807) is 0 Å². The second-order valence-electron chi connectivity index (χ2n) is 5.09. The van der Waals surface area contributed by atoms with E-state index in [2.05, 4.69) is 34.8 Å². The molecule has 1 heterocycles. The van der Waals surface area contributed by atoms with Crippen molar-refractivity contribution < 1.29 is 0 Å². The van der Waals surface area contributed by atoms with Crippen molar-refractivity contribution in [3.8, 4) is 6.07 Å². The molecule has 2 rings (SSSR count). The van der Waals surface area contributed by atoms with Crippen molar-refractivity contribution in [1.29, 1.82) is 5.26 Å². The van der Waals surface area contributed by atoms with Crippen LogP contribution in [0.5, 0.6) is 0 Å². The lowest BCUT2D eigenvalue weighted by Gasteiger charge is -2.25. The highest BCUT2D eigenvalue weighted by Gasteiger charge is 2.22. The zero-order valence-corrected chi connectivity index (χ0v) is 11.5. The molecule has 19 heavy (non-hydrogen) atoms. The Morgan fingerprint density at radius 3 is 2.89 bits per heavy atom. The number of benzene rings is 1. The van der Waals surface area contributed by atoms with Crippen LogP contribution < -0.4 is 5.32 Å². The molecule has 0 unspecified atom stereocenters. The minimum absolute atomic E-state index is 0.136. The fourth-order valence-electron chi connectivity index (χ4n) is 2.03. The molecule has 4 nitrogen and oxygen atoms in total. The third kappa shape index (κ3) is 2.83. The molecule has 1 N–H and O–H groups in total. The summed E-state index contributed by atoms with van der Waals surface area (Å²) < 4.78 is 2.10. The largest absolute Gasteiger partial charge is 0.328 e. The van der Waals surface area contributed by atoms with E-state index in [-0.39, 0.29) is 5.54 Å². The molecule has 0 bridgehead atoms. The lowest BCUT2D eigenvalue weighted by molar-refractivity contribution is 0.413. The average molecular weight is 254 g/mol. The number of aromatic nitrogens is 2. The molecule has 2 aromatic rings. The van der Waals surface area contributed by atoms with E-state index in [1.807, 2.05) is 43.8 Å². The highest BCUT2D eigenvalue weighted by atomic mass is 15.1. The molecule has 1 aromatic carbocycles. The van der Waals surface area contributed by atoms with Gasteiger partial charge in [-0.3, -0.25) is 0 Å². The first-order chi connectivity index (χ1) is 9.06. The van der Waals surface area contributed by atoms with Gasteiger partial charge < -0.3 is 9.88 Å². The van der Waals surface area contributed by atoms with Gasteiger partial charge in [-0.25, -0.2) is 4.98 Å². The van der Waals surface area contributed by atoms with Crippen molar-refractivity contribution >= 4 is 0 Å². The Hall–Kier alpha value is -2.12. The molecule has 0 atom stereocenters. The van der Waals surface area contributed by atoms with Crippen LogP contribution in [0.25, 0.3) is 0 Å². The van der Waals surface area contributed by atoms with Crippen molar-refractivity contribution in [3.05, 3.63) is 53.6 Å². The monoisotopic (exact) mass is 254 g/mol. The minimum Gasteiger partial charge on any atom is -0.328 e. The molecular formula is C15H18N4. The first-order valence-corrected chi connectivity index (χ1v) is 6.25. The first-order valence-electron chi connectivity index (χ1n) is 6.25. The summed E-state index contributed by atoms with van der Waals surface area (Å²) in [5.74, 6) is 0. The van der Waals surface area contributed by atoms with Gasteiger partial charge >= 0.3 is 0 Å². The average Bonchev–Trinajstić information content (AvgIpc) is 2.88. The maximum absolute atomic E-state index is 8.93. The van der Waals surface area contributed by atoms with Crippen molar-refractivity contribution in [1.82, 2.24) is 14.9 Å². The van der Waals surface area contributed by atoms with Crippen LogP contribution in [-0.2, 0) is 12.1 Å². The summed E-state index contributed by atoms with van der Waals surface area (Å²) in [5, 5.41) is 12.2. The number of nitrogens with one attached hydrogen (secondary N) is 1. The second-order valence-corrected chi connectivity index (χ2v) is 5.09. The highest BCUT2D eigenvalue weighted by Crippen LogP contribution is 2.20. The molecule has 0 spiro atoms. The standard InChI is InChI=1S/C15H18N4/c1-15(2,17-3)14-9-18-11-19(14)10-13-6-4-5-12(7-13)8-16/h4-7,9,11,17H,10H2,1-3H3. The number of nitrogens with zero attached hydrogens (tertiary/aromatic N) is 3. The smallest absolute Gasteiger partial charge is 0.0991 e. The molecule has 0 aliphatic carbocycles. The Labute approximate surface area is 113 Å². The van der Waals surface area contributed by atoms with Crippen LogP contribution in [-0.4, -0.2) is 16.6 Å². The Bertz CT molecular complexity index is 605. The summed E-state index contributed by atoms with van der Waals surface area (Å²) in [4.78, 5) is 4.23. The van der Waals surface area contributed by atoms with Gasteiger partial charge in [0.2, 0.25) is 0 Å². The van der Waals surface area contributed by atoms with E-state index in [4.69, 9.17) is 5.26 Å². The predicted octanol–water partition coefficient (Wildman–Crippen LogP) is 2.26. The van der Waals surface area contributed by atoms with Gasteiger partial charge in [-0.1, -0.05) is 12.1 Å². The van der Waals surface area contributed by atoms with Gasteiger partial charge in [0.25, 0.3) is 0 Å². The van der Waals surface area contributed by atoms with Crippen LogP contribution in [0.4, 0.5) is 0 Å². The molecule has 0 amide bonds. The van der Waals surface area contributed by atoms with Gasteiger partial charge in [0.15, 0.2) is 0 Å². The van der Waals surface area contributed by atoms with Crippen molar-refractivity contribution in [2.24, 2.45) is 0 Å². The lowest BCUT2D eigenvalue weighted by Crippen LogP contribution is -2.35. The van der Waals surface area contributed by atoms with Gasteiger partial charge in [0, 0.05) is 6.54 Å². The van der Waals surface area contributed by atoms with Crippen LogP contribution in [0.3, 0.4) is 0 Å². The molecule has 1 aromatic heterocycles. The molecule has 98 valence electrons. The summed E-state index contributed by atoms with van der Waals surface area (Å²) in [5.41, 5.74) is 2.78. The number of nitriles is 1. The molecule has 0 saturated carbocycles. The Kier molecular flexibility index (Phi) is 3.68. The predicted molar refractivity (Wildman–Crippen MR) is 74.6 cm³/mol. The number of rotatable bonds is 4. The maximum atomic E-state index is 8.93. The SMILES string of the molecule is CNC(C)(C)c1cncn1Cc1cccc(C#N)c1. The third-order valence-electron chi connectivity index (χ3n) is 3.39. The molecule has 0 aliphatic heterocycles. The van der Waals surface area contributed by atoms with Crippen LogP contribution in [0.15, 0.2) is 36.8 Å². The third-order valence-corrected chi connectivity index (χ3v) is 3.39. The van der Waals surface area contributed by atoms with Crippen LogP contribution in [0.1, 0.15) is 30.7 Å². The van der Waals surface area contributed by atoms with E-state index in [9.17, 15) is 0 Å². The molecule has 0 aliphatic rings. The highest BCUT2D eigenvalue weighted by molar-refractivity contribution is 5.33. The van der Waals surface area contributed by atoms with E-state index >= 15 is 0 Å². The molecule has 0 saturated heterocycles.